The van der Waals surface area contributed by atoms with Crippen LogP contribution in [0.2, 0.25) is 0 Å². The standard InChI is InChI=1S/C19H35N7O7/c1-9(2)14(17(31)24-10(3)18(32)33)26-16(30)12(5-4-8-23-19(21)22)25-15(29)11(20)6-7-13(27)28/h9-12,14H,4-8,20H2,1-3H3,(H,24,31)(H,25,29)(H,26,30)(H,27,28)(H,32,33)(H4,21,22,23). The van der Waals surface area contributed by atoms with Crippen LogP contribution in [0.5, 0.6) is 0 Å². The van der Waals surface area contributed by atoms with Gasteiger partial charge in [0, 0.05) is 13.0 Å². The van der Waals surface area contributed by atoms with Gasteiger partial charge in [0.2, 0.25) is 17.7 Å². The highest BCUT2D eigenvalue weighted by Crippen LogP contribution is 2.07. The summed E-state index contributed by atoms with van der Waals surface area (Å²) in [6, 6.07) is -4.52. The number of nitrogens with zero attached hydrogens (tertiary/aromatic N) is 1. The molecule has 3 amide bonds. The van der Waals surface area contributed by atoms with Gasteiger partial charge in [-0.15, -0.1) is 0 Å². The minimum absolute atomic E-state index is 0.0952. The number of carboxylic acid groups (broad SMARTS) is 2. The third kappa shape index (κ3) is 12.3. The molecule has 11 N–H and O–H groups in total. The molecular weight excluding hydrogens is 438 g/mol. The maximum Gasteiger partial charge on any atom is 0.325 e. The number of hydrogen-bond donors (Lipinski definition) is 8. The molecule has 0 aromatic heterocycles. The van der Waals surface area contributed by atoms with Gasteiger partial charge in [-0.25, -0.2) is 0 Å². The SMILES string of the molecule is CC(NC(=O)C(NC(=O)C(CCCN=C(N)N)NC(=O)C(N)CCC(=O)O)C(C)C)C(=O)O. The molecule has 4 atom stereocenters. The Bertz CT molecular complexity index is 738. The first-order valence-corrected chi connectivity index (χ1v) is 10.4. The summed E-state index contributed by atoms with van der Waals surface area (Å²) in [5.41, 5.74) is 16.2. The number of carboxylic acids is 2. The van der Waals surface area contributed by atoms with Crippen molar-refractivity contribution >= 4 is 35.6 Å². The Labute approximate surface area is 191 Å². The molecule has 0 radical (unpaired) electrons. The molecule has 14 heteroatoms. The Morgan fingerprint density at radius 2 is 1.48 bits per heavy atom. The van der Waals surface area contributed by atoms with Crippen molar-refractivity contribution < 1.29 is 34.2 Å². The molecule has 0 aliphatic rings. The van der Waals surface area contributed by atoms with Crippen LogP contribution in [0.4, 0.5) is 0 Å². The summed E-state index contributed by atoms with van der Waals surface area (Å²) in [6.45, 7) is 4.77. The molecule has 188 valence electrons. The molecular formula is C19H35N7O7. The molecule has 0 aliphatic carbocycles. The molecule has 0 fully saturated rings. The zero-order valence-electron chi connectivity index (χ0n) is 19.0. The smallest absolute Gasteiger partial charge is 0.325 e. The minimum Gasteiger partial charge on any atom is -0.481 e. The summed E-state index contributed by atoms with van der Waals surface area (Å²) in [5.74, 6) is -5.02. The number of guanidine groups is 1. The first-order chi connectivity index (χ1) is 15.3. The molecule has 0 aliphatic heterocycles. The second kappa shape index (κ2) is 14.6. The van der Waals surface area contributed by atoms with Gasteiger partial charge in [-0.3, -0.25) is 29.0 Å². The summed E-state index contributed by atoms with van der Waals surface area (Å²) in [5, 5.41) is 25.0. The van der Waals surface area contributed by atoms with Crippen molar-refractivity contribution in [2.75, 3.05) is 6.54 Å². The average Bonchev–Trinajstić information content (AvgIpc) is 2.71. The summed E-state index contributed by atoms with van der Waals surface area (Å²) in [6.07, 6.45) is -0.0614. The summed E-state index contributed by atoms with van der Waals surface area (Å²) in [7, 11) is 0. The van der Waals surface area contributed by atoms with E-state index in [2.05, 4.69) is 20.9 Å². The molecule has 0 saturated carbocycles. The third-order valence-electron chi connectivity index (χ3n) is 4.56. The maximum absolute atomic E-state index is 12.9. The number of amides is 3. The van der Waals surface area contributed by atoms with E-state index in [4.69, 9.17) is 27.4 Å². The molecule has 33 heavy (non-hydrogen) atoms. The number of nitrogens with one attached hydrogen (secondary N) is 3. The second-order valence-electron chi connectivity index (χ2n) is 7.85. The van der Waals surface area contributed by atoms with E-state index in [1.165, 1.54) is 6.92 Å². The molecule has 0 rings (SSSR count). The first-order valence-electron chi connectivity index (χ1n) is 10.4. The van der Waals surface area contributed by atoms with E-state index in [0.29, 0.717) is 6.42 Å². The molecule has 0 heterocycles. The summed E-state index contributed by atoms with van der Waals surface area (Å²) >= 11 is 0. The van der Waals surface area contributed by atoms with Gasteiger partial charge >= 0.3 is 11.9 Å². The second-order valence-corrected chi connectivity index (χ2v) is 7.85. The summed E-state index contributed by atoms with van der Waals surface area (Å²) in [4.78, 5) is 63.2. The monoisotopic (exact) mass is 473 g/mol. The Balaban J connectivity index is 5.38. The number of aliphatic imine (C=N–C) groups is 1. The van der Waals surface area contributed by atoms with Crippen LogP contribution in [0.1, 0.15) is 46.5 Å². The van der Waals surface area contributed by atoms with Gasteiger partial charge in [-0.2, -0.15) is 0 Å². The molecule has 14 nitrogen and oxygen atoms in total. The average molecular weight is 474 g/mol. The Hall–Kier alpha value is -3.42. The highest BCUT2D eigenvalue weighted by molar-refractivity contribution is 5.94. The largest absolute Gasteiger partial charge is 0.481 e. The normalized spacial score (nSPS) is 14.3. The fourth-order valence-corrected chi connectivity index (χ4v) is 2.61. The number of carbonyl (C=O) groups excluding carboxylic acids is 3. The fourth-order valence-electron chi connectivity index (χ4n) is 2.61. The molecule has 0 aromatic carbocycles. The van der Waals surface area contributed by atoms with Crippen molar-refractivity contribution in [2.45, 2.75) is 70.6 Å². The molecule has 0 saturated heterocycles. The van der Waals surface area contributed by atoms with Gasteiger partial charge in [0.15, 0.2) is 5.96 Å². The van der Waals surface area contributed by atoms with Crippen LogP contribution in [0.15, 0.2) is 4.99 Å². The van der Waals surface area contributed by atoms with Crippen molar-refractivity contribution in [3.05, 3.63) is 0 Å². The van der Waals surface area contributed by atoms with Gasteiger partial charge < -0.3 is 43.4 Å². The number of rotatable bonds is 15. The van der Waals surface area contributed by atoms with Crippen LogP contribution in [0, 0.1) is 5.92 Å². The number of nitrogens with two attached hydrogens (primary N) is 3. The lowest BCUT2D eigenvalue weighted by molar-refractivity contribution is -0.142. The lowest BCUT2D eigenvalue weighted by atomic mass is 10.0. The van der Waals surface area contributed by atoms with Crippen LogP contribution >= 0.6 is 0 Å². The predicted octanol–water partition coefficient (Wildman–Crippen LogP) is -2.55. The molecule has 0 aromatic rings. The highest BCUT2D eigenvalue weighted by atomic mass is 16.4. The van der Waals surface area contributed by atoms with Gasteiger partial charge in [-0.1, -0.05) is 13.8 Å². The Morgan fingerprint density at radius 3 is 1.97 bits per heavy atom. The van der Waals surface area contributed by atoms with Crippen LogP contribution in [0.3, 0.4) is 0 Å². The van der Waals surface area contributed by atoms with Crippen molar-refractivity contribution in [2.24, 2.45) is 28.1 Å². The lowest BCUT2D eigenvalue weighted by Gasteiger charge is -2.26. The predicted molar refractivity (Wildman–Crippen MR) is 119 cm³/mol. The Morgan fingerprint density at radius 1 is 0.879 bits per heavy atom. The highest BCUT2D eigenvalue weighted by Gasteiger charge is 2.30. The number of hydrogen-bond acceptors (Lipinski definition) is 7. The number of carbonyl (C=O) groups is 5. The van der Waals surface area contributed by atoms with Gasteiger partial charge in [0.1, 0.15) is 18.1 Å². The van der Waals surface area contributed by atoms with Crippen LogP contribution in [0.25, 0.3) is 0 Å². The summed E-state index contributed by atoms with van der Waals surface area (Å²) < 4.78 is 0. The third-order valence-corrected chi connectivity index (χ3v) is 4.56. The Kier molecular flexibility index (Phi) is 13.1. The van der Waals surface area contributed by atoms with Crippen molar-refractivity contribution in [3.63, 3.8) is 0 Å². The van der Waals surface area contributed by atoms with Crippen LogP contribution < -0.4 is 33.2 Å². The quantitative estimate of drug-likeness (QED) is 0.0701. The maximum atomic E-state index is 12.9. The van der Waals surface area contributed by atoms with E-state index >= 15 is 0 Å². The molecule has 4 unspecified atom stereocenters. The van der Waals surface area contributed by atoms with Crippen molar-refractivity contribution in [1.82, 2.24) is 16.0 Å². The van der Waals surface area contributed by atoms with E-state index in [1.54, 1.807) is 13.8 Å². The molecule has 0 bridgehead atoms. The van der Waals surface area contributed by atoms with Gasteiger partial charge in [-0.05, 0) is 32.1 Å². The van der Waals surface area contributed by atoms with E-state index in [9.17, 15) is 24.0 Å². The van der Waals surface area contributed by atoms with E-state index in [0.717, 1.165) is 0 Å². The van der Waals surface area contributed by atoms with Gasteiger partial charge in [0.25, 0.3) is 0 Å². The first kappa shape index (κ1) is 29.6. The van der Waals surface area contributed by atoms with Crippen LogP contribution in [-0.2, 0) is 24.0 Å². The topological polar surface area (TPSA) is 252 Å². The number of aliphatic carboxylic acids is 2. The van der Waals surface area contributed by atoms with E-state index in [-0.39, 0.29) is 31.8 Å². The van der Waals surface area contributed by atoms with E-state index in [1.807, 2.05) is 0 Å². The van der Waals surface area contributed by atoms with Crippen LogP contribution in [-0.4, -0.2) is 76.5 Å². The minimum atomic E-state index is -1.24. The van der Waals surface area contributed by atoms with Gasteiger partial charge in [0.05, 0.1) is 6.04 Å². The zero-order valence-corrected chi connectivity index (χ0v) is 19.0. The van der Waals surface area contributed by atoms with Crippen molar-refractivity contribution in [3.8, 4) is 0 Å². The zero-order chi connectivity index (χ0) is 25.7. The van der Waals surface area contributed by atoms with Crippen molar-refractivity contribution in [1.29, 1.82) is 0 Å². The fraction of sp³-hybridized carbons (Fsp3) is 0.684. The lowest BCUT2D eigenvalue weighted by Crippen LogP contribution is -2.58. The van der Waals surface area contributed by atoms with E-state index < -0.39 is 59.7 Å². The molecule has 0 spiro atoms.